The molecule has 0 saturated carbocycles. The molecule has 0 aliphatic heterocycles. The van der Waals surface area contributed by atoms with Crippen LogP contribution in [0.3, 0.4) is 0 Å². The molecule has 3 nitrogen and oxygen atoms in total. The quantitative estimate of drug-likeness (QED) is 0.638. The number of carboxylic acids is 1. The summed E-state index contributed by atoms with van der Waals surface area (Å²) in [6, 6.07) is 0. The number of carboxylic acid groups (broad SMARTS) is 1. The Morgan fingerprint density at radius 2 is 1.59 bits per heavy atom. The fourth-order valence-electron chi connectivity index (χ4n) is 2.64. The molecule has 102 valence electrons. The molecule has 0 fully saturated rings. The highest BCUT2D eigenvalue weighted by Crippen LogP contribution is 2.28. The number of aliphatic carboxylic acids is 1. The molecule has 0 atom stereocenters. The van der Waals surface area contributed by atoms with Crippen molar-refractivity contribution in [1.29, 1.82) is 0 Å². The largest absolute Gasteiger partial charge is 0.480 e. The molecule has 0 aromatic rings. The van der Waals surface area contributed by atoms with E-state index in [0.717, 1.165) is 51.6 Å². The highest BCUT2D eigenvalue weighted by Gasteiger charge is 2.41. The van der Waals surface area contributed by atoms with Gasteiger partial charge >= 0.3 is 5.97 Å². The zero-order valence-corrected chi connectivity index (χ0v) is 12.0. The number of nitrogens with zero attached hydrogens (tertiary/aromatic N) is 1. The van der Waals surface area contributed by atoms with Gasteiger partial charge in [0.1, 0.15) is 5.54 Å². The number of hydrogen-bond donors (Lipinski definition) is 1. The van der Waals surface area contributed by atoms with E-state index in [9.17, 15) is 9.90 Å². The molecule has 0 aliphatic rings. The first-order chi connectivity index (χ1) is 8.08. The van der Waals surface area contributed by atoms with Crippen LogP contribution >= 0.6 is 0 Å². The van der Waals surface area contributed by atoms with Gasteiger partial charge < -0.3 is 5.11 Å². The van der Waals surface area contributed by atoms with Crippen LogP contribution in [-0.4, -0.2) is 34.6 Å². The van der Waals surface area contributed by atoms with Gasteiger partial charge in [-0.3, -0.25) is 9.69 Å². The average molecular weight is 243 g/mol. The summed E-state index contributed by atoms with van der Waals surface area (Å²) in [6.07, 6.45) is 5.56. The lowest BCUT2D eigenvalue weighted by Crippen LogP contribution is -2.55. The van der Waals surface area contributed by atoms with Crippen LogP contribution in [0.4, 0.5) is 0 Å². The molecule has 0 spiro atoms. The Morgan fingerprint density at radius 1 is 1.06 bits per heavy atom. The standard InChI is InChI=1S/C14H29NO2/c1-5-9-12-15(8-4)14(10-6-2,11-7-3)13(16)17/h5-12H2,1-4H3,(H,16,17). The van der Waals surface area contributed by atoms with Crippen molar-refractivity contribution in [3.8, 4) is 0 Å². The molecule has 0 rings (SSSR count). The van der Waals surface area contributed by atoms with Crippen LogP contribution in [0.15, 0.2) is 0 Å². The van der Waals surface area contributed by atoms with Gasteiger partial charge in [0.2, 0.25) is 0 Å². The van der Waals surface area contributed by atoms with Gasteiger partial charge in [0.25, 0.3) is 0 Å². The lowest BCUT2D eigenvalue weighted by molar-refractivity contribution is -0.153. The Labute approximate surface area is 106 Å². The predicted molar refractivity (Wildman–Crippen MR) is 72.3 cm³/mol. The summed E-state index contributed by atoms with van der Waals surface area (Å²) in [7, 11) is 0. The maximum absolute atomic E-state index is 11.7. The van der Waals surface area contributed by atoms with E-state index in [1.807, 2.05) is 0 Å². The van der Waals surface area contributed by atoms with E-state index in [-0.39, 0.29) is 0 Å². The summed E-state index contributed by atoms with van der Waals surface area (Å²) in [5.41, 5.74) is -0.632. The van der Waals surface area contributed by atoms with Crippen LogP contribution in [0.1, 0.15) is 66.2 Å². The lowest BCUT2D eigenvalue weighted by atomic mass is 9.86. The van der Waals surface area contributed by atoms with E-state index >= 15 is 0 Å². The molecular weight excluding hydrogens is 214 g/mol. The minimum Gasteiger partial charge on any atom is -0.480 e. The van der Waals surface area contributed by atoms with Gasteiger partial charge in [-0.15, -0.1) is 0 Å². The SMILES string of the molecule is CCCCN(CC)C(CCC)(CCC)C(=O)O. The van der Waals surface area contributed by atoms with Gasteiger partial charge in [-0.1, -0.05) is 47.0 Å². The van der Waals surface area contributed by atoms with Crippen LogP contribution in [0, 0.1) is 0 Å². The van der Waals surface area contributed by atoms with E-state index in [1.54, 1.807) is 0 Å². The van der Waals surface area contributed by atoms with Crippen molar-refractivity contribution in [3.63, 3.8) is 0 Å². The molecule has 0 amide bonds. The molecule has 1 N–H and O–H groups in total. The molecule has 0 unspecified atom stereocenters. The number of unbranched alkanes of at least 4 members (excludes halogenated alkanes) is 1. The number of carbonyl (C=O) groups is 1. The van der Waals surface area contributed by atoms with E-state index in [4.69, 9.17) is 0 Å². The minimum absolute atomic E-state index is 0.632. The monoisotopic (exact) mass is 243 g/mol. The molecule has 0 aliphatic carbocycles. The molecule has 0 heterocycles. The first kappa shape index (κ1) is 16.4. The summed E-state index contributed by atoms with van der Waals surface area (Å²) >= 11 is 0. The zero-order chi connectivity index (χ0) is 13.3. The molecule has 0 aromatic carbocycles. The van der Waals surface area contributed by atoms with Crippen molar-refractivity contribution in [2.24, 2.45) is 0 Å². The predicted octanol–water partition coefficient (Wildman–Crippen LogP) is 3.53. The van der Waals surface area contributed by atoms with E-state index in [0.29, 0.717) is 0 Å². The van der Waals surface area contributed by atoms with Crippen molar-refractivity contribution in [2.45, 2.75) is 71.8 Å². The topological polar surface area (TPSA) is 40.5 Å². The molecule has 0 aromatic heterocycles. The first-order valence-electron chi connectivity index (χ1n) is 7.07. The van der Waals surface area contributed by atoms with Gasteiger partial charge in [0.15, 0.2) is 0 Å². The second kappa shape index (κ2) is 8.51. The molecule has 0 radical (unpaired) electrons. The Morgan fingerprint density at radius 3 is 1.88 bits per heavy atom. The van der Waals surface area contributed by atoms with Crippen molar-refractivity contribution in [2.75, 3.05) is 13.1 Å². The second-order valence-electron chi connectivity index (χ2n) is 4.77. The summed E-state index contributed by atoms with van der Waals surface area (Å²) in [5.74, 6) is -0.640. The molecule has 3 heteroatoms. The zero-order valence-electron chi connectivity index (χ0n) is 12.0. The Hall–Kier alpha value is -0.570. The van der Waals surface area contributed by atoms with Gasteiger partial charge in [0.05, 0.1) is 0 Å². The van der Waals surface area contributed by atoms with Crippen molar-refractivity contribution in [1.82, 2.24) is 4.90 Å². The molecule has 0 saturated heterocycles. The smallest absolute Gasteiger partial charge is 0.324 e. The Bertz CT molecular complexity index is 210. The maximum atomic E-state index is 11.7. The van der Waals surface area contributed by atoms with Crippen molar-refractivity contribution < 1.29 is 9.90 Å². The number of rotatable bonds is 10. The second-order valence-corrected chi connectivity index (χ2v) is 4.77. The third-order valence-electron chi connectivity index (χ3n) is 3.49. The minimum atomic E-state index is -0.640. The number of likely N-dealkylation sites (N-methyl/N-ethyl adjacent to an activating group) is 1. The van der Waals surface area contributed by atoms with Crippen LogP contribution in [-0.2, 0) is 4.79 Å². The fraction of sp³-hybridized carbons (Fsp3) is 0.929. The highest BCUT2D eigenvalue weighted by atomic mass is 16.4. The van der Waals surface area contributed by atoms with Crippen LogP contribution < -0.4 is 0 Å². The summed E-state index contributed by atoms with van der Waals surface area (Å²) in [4.78, 5) is 13.9. The van der Waals surface area contributed by atoms with E-state index in [1.165, 1.54) is 0 Å². The third kappa shape index (κ3) is 4.30. The first-order valence-corrected chi connectivity index (χ1v) is 7.07. The Kier molecular flexibility index (Phi) is 8.23. The third-order valence-corrected chi connectivity index (χ3v) is 3.49. The lowest BCUT2D eigenvalue weighted by Gasteiger charge is -2.40. The highest BCUT2D eigenvalue weighted by molar-refractivity contribution is 5.78. The fourth-order valence-corrected chi connectivity index (χ4v) is 2.64. The van der Waals surface area contributed by atoms with Crippen LogP contribution in [0.25, 0.3) is 0 Å². The van der Waals surface area contributed by atoms with Gasteiger partial charge in [-0.05, 0) is 32.4 Å². The van der Waals surface area contributed by atoms with Crippen LogP contribution in [0.2, 0.25) is 0 Å². The van der Waals surface area contributed by atoms with Gasteiger partial charge in [-0.2, -0.15) is 0 Å². The molecular formula is C14H29NO2. The number of hydrogen-bond acceptors (Lipinski definition) is 2. The summed E-state index contributed by atoms with van der Waals surface area (Å²) in [6.45, 7) is 10.1. The van der Waals surface area contributed by atoms with Crippen molar-refractivity contribution in [3.05, 3.63) is 0 Å². The Balaban J connectivity index is 4.98. The van der Waals surface area contributed by atoms with Gasteiger partial charge in [0, 0.05) is 0 Å². The summed E-state index contributed by atoms with van der Waals surface area (Å²) < 4.78 is 0. The van der Waals surface area contributed by atoms with E-state index < -0.39 is 11.5 Å². The van der Waals surface area contributed by atoms with Crippen molar-refractivity contribution >= 4 is 5.97 Å². The molecule has 17 heavy (non-hydrogen) atoms. The van der Waals surface area contributed by atoms with Crippen LogP contribution in [0.5, 0.6) is 0 Å². The maximum Gasteiger partial charge on any atom is 0.324 e. The molecule has 0 bridgehead atoms. The normalized spacial score (nSPS) is 12.1. The average Bonchev–Trinajstić information content (AvgIpc) is 2.30. The van der Waals surface area contributed by atoms with Gasteiger partial charge in [-0.25, -0.2) is 0 Å². The van der Waals surface area contributed by atoms with E-state index in [2.05, 4.69) is 32.6 Å². The summed E-state index contributed by atoms with van der Waals surface area (Å²) in [5, 5.41) is 9.65.